The van der Waals surface area contributed by atoms with Gasteiger partial charge in [-0.2, -0.15) is 0 Å². The fourth-order valence-corrected chi connectivity index (χ4v) is 4.68. The largest absolute Gasteiger partial charge is 0.467 e. The van der Waals surface area contributed by atoms with E-state index in [-0.39, 0.29) is 35.5 Å². The quantitative estimate of drug-likeness (QED) is 0.288. The van der Waals surface area contributed by atoms with Crippen LogP contribution in [0, 0.1) is 13.8 Å². The molecule has 0 aliphatic heterocycles. The van der Waals surface area contributed by atoms with Crippen LogP contribution in [0.2, 0.25) is 0 Å². The number of nitrogens with one attached hydrogen (secondary N) is 2. The molecule has 0 fully saturated rings. The van der Waals surface area contributed by atoms with Gasteiger partial charge in [-0.1, -0.05) is 42.5 Å². The molecule has 5 rings (SSSR count). The second-order valence-electron chi connectivity index (χ2n) is 9.93. The summed E-state index contributed by atoms with van der Waals surface area (Å²) in [4.78, 5) is 53.2. The predicted molar refractivity (Wildman–Crippen MR) is 157 cm³/mol. The molecule has 2 amide bonds. The van der Waals surface area contributed by atoms with Crippen LogP contribution < -0.4 is 21.9 Å². The maximum atomic E-state index is 13.7. The van der Waals surface area contributed by atoms with E-state index in [1.165, 1.54) is 23.0 Å². The number of anilines is 1. The number of carbonyl (C=O) groups excluding carboxylic acids is 2. The minimum atomic E-state index is -0.684. The molecular formula is C32H30N4O5. The first-order valence-electron chi connectivity index (χ1n) is 13.3. The summed E-state index contributed by atoms with van der Waals surface area (Å²) in [5.74, 6) is -0.367. The van der Waals surface area contributed by atoms with Crippen molar-refractivity contribution in [2.24, 2.45) is 0 Å². The molecule has 0 atom stereocenters. The molecule has 0 bridgehead atoms. The predicted octanol–water partition coefficient (Wildman–Crippen LogP) is 4.03. The van der Waals surface area contributed by atoms with Gasteiger partial charge in [-0.05, 0) is 73.4 Å². The number of furan rings is 1. The van der Waals surface area contributed by atoms with E-state index in [2.05, 4.69) is 10.6 Å². The van der Waals surface area contributed by atoms with Crippen molar-refractivity contribution in [3.05, 3.63) is 134 Å². The molecule has 0 spiro atoms. The highest BCUT2D eigenvalue weighted by atomic mass is 16.3. The van der Waals surface area contributed by atoms with Gasteiger partial charge in [-0.15, -0.1) is 0 Å². The second kappa shape index (κ2) is 11.9. The van der Waals surface area contributed by atoms with Gasteiger partial charge in [-0.3, -0.25) is 23.5 Å². The van der Waals surface area contributed by atoms with Gasteiger partial charge in [-0.25, -0.2) is 4.79 Å². The van der Waals surface area contributed by atoms with Crippen LogP contribution in [0.15, 0.2) is 99.1 Å². The molecule has 0 saturated heterocycles. The Morgan fingerprint density at radius 1 is 0.878 bits per heavy atom. The van der Waals surface area contributed by atoms with Gasteiger partial charge in [0.05, 0.1) is 23.7 Å². The molecule has 0 radical (unpaired) electrons. The Balaban J connectivity index is 1.49. The van der Waals surface area contributed by atoms with E-state index in [1.807, 2.05) is 62.4 Å². The summed E-state index contributed by atoms with van der Waals surface area (Å²) in [5, 5.41) is 5.96. The number of amides is 2. The second-order valence-corrected chi connectivity index (χ2v) is 9.93. The van der Waals surface area contributed by atoms with Crippen LogP contribution in [0.3, 0.4) is 0 Å². The van der Waals surface area contributed by atoms with Crippen LogP contribution in [0.1, 0.15) is 32.8 Å². The van der Waals surface area contributed by atoms with Crippen molar-refractivity contribution >= 4 is 28.4 Å². The van der Waals surface area contributed by atoms with Crippen molar-refractivity contribution in [3.8, 4) is 0 Å². The third kappa shape index (κ3) is 6.19. The highest BCUT2D eigenvalue weighted by molar-refractivity contribution is 5.98. The van der Waals surface area contributed by atoms with Gasteiger partial charge >= 0.3 is 5.69 Å². The lowest BCUT2D eigenvalue weighted by molar-refractivity contribution is -0.116. The first kappa shape index (κ1) is 27.4. The maximum Gasteiger partial charge on any atom is 0.332 e. The molecule has 2 aromatic heterocycles. The summed E-state index contributed by atoms with van der Waals surface area (Å²) in [5.41, 5.74) is 2.82. The molecule has 0 unspecified atom stereocenters. The van der Waals surface area contributed by atoms with Gasteiger partial charge in [0, 0.05) is 17.8 Å². The van der Waals surface area contributed by atoms with Gasteiger partial charge in [0.15, 0.2) is 0 Å². The fraction of sp³-hybridized carbons (Fsp3) is 0.188. The lowest BCUT2D eigenvalue weighted by Crippen LogP contribution is -2.42. The van der Waals surface area contributed by atoms with Gasteiger partial charge < -0.3 is 15.1 Å². The summed E-state index contributed by atoms with van der Waals surface area (Å²) in [6.07, 6.45) is 2.11. The highest BCUT2D eigenvalue weighted by Gasteiger charge is 2.19. The van der Waals surface area contributed by atoms with Crippen molar-refractivity contribution in [1.29, 1.82) is 0 Å². The summed E-state index contributed by atoms with van der Waals surface area (Å²) in [6.45, 7) is 3.75. The molecule has 9 heteroatoms. The number of hydrogen-bond acceptors (Lipinski definition) is 5. The first-order chi connectivity index (χ1) is 19.8. The van der Waals surface area contributed by atoms with E-state index in [9.17, 15) is 19.2 Å². The zero-order valence-corrected chi connectivity index (χ0v) is 22.8. The highest BCUT2D eigenvalue weighted by Crippen LogP contribution is 2.17. The van der Waals surface area contributed by atoms with E-state index < -0.39 is 17.2 Å². The molecular weight excluding hydrogens is 520 g/mol. The average molecular weight is 551 g/mol. The van der Waals surface area contributed by atoms with E-state index in [1.54, 1.807) is 18.2 Å². The molecule has 208 valence electrons. The fourth-order valence-electron chi connectivity index (χ4n) is 4.68. The maximum absolute atomic E-state index is 13.7. The summed E-state index contributed by atoms with van der Waals surface area (Å²) in [7, 11) is 0. The van der Waals surface area contributed by atoms with Gasteiger partial charge in [0.1, 0.15) is 12.3 Å². The number of benzene rings is 3. The smallest absolute Gasteiger partial charge is 0.332 e. The number of fused-ring (bicyclic) bond motifs is 1. The topological polar surface area (TPSA) is 115 Å². The van der Waals surface area contributed by atoms with Crippen molar-refractivity contribution < 1.29 is 14.0 Å². The van der Waals surface area contributed by atoms with Crippen LogP contribution >= 0.6 is 0 Å². The molecule has 3 aromatic carbocycles. The van der Waals surface area contributed by atoms with Crippen molar-refractivity contribution in [1.82, 2.24) is 14.5 Å². The number of carbonyl (C=O) groups is 2. The Bertz CT molecular complexity index is 1840. The Morgan fingerprint density at radius 3 is 2.44 bits per heavy atom. The Labute approximate surface area is 236 Å². The molecule has 0 saturated carbocycles. The molecule has 5 aromatic rings. The third-order valence-electron chi connectivity index (χ3n) is 6.89. The van der Waals surface area contributed by atoms with Crippen molar-refractivity contribution in [3.63, 3.8) is 0 Å². The van der Waals surface area contributed by atoms with Crippen LogP contribution in [0.5, 0.6) is 0 Å². The monoisotopic (exact) mass is 550 g/mol. The number of rotatable bonds is 9. The Hall–Kier alpha value is -5.18. The lowest BCUT2D eigenvalue weighted by Gasteiger charge is -2.15. The van der Waals surface area contributed by atoms with Gasteiger partial charge in [0.25, 0.3) is 11.5 Å². The normalized spacial score (nSPS) is 11.0. The van der Waals surface area contributed by atoms with Crippen molar-refractivity contribution in [2.45, 2.75) is 33.4 Å². The Kier molecular flexibility index (Phi) is 7.96. The van der Waals surface area contributed by atoms with Crippen LogP contribution in [-0.2, 0) is 24.3 Å². The lowest BCUT2D eigenvalue weighted by atomic mass is 10.1. The van der Waals surface area contributed by atoms with Crippen molar-refractivity contribution in [2.75, 3.05) is 11.9 Å². The van der Waals surface area contributed by atoms with E-state index in [0.717, 1.165) is 21.3 Å². The average Bonchev–Trinajstić information content (AvgIpc) is 3.49. The van der Waals surface area contributed by atoms with Crippen LogP contribution in [-0.4, -0.2) is 27.5 Å². The SMILES string of the molecule is Cc1ccc(C)c(NC(=O)Cn2c(=O)n(Cc3ccco3)c(=O)c3ccc(C(=O)NCCc4ccccc4)cc32)c1. The minimum Gasteiger partial charge on any atom is -0.467 e. The molecule has 0 aliphatic carbocycles. The zero-order valence-electron chi connectivity index (χ0n) is 22.8. The van der Waals surface area contributed by atoms with Gasteiger partial charge in [0.2, 0.25) is 5.91 Å². The van der Waals surface area contributed by atoms with Crippen LogP contribution in [0.4, 0.5) is 5.69 Å². The molecule has 2 N–H and O–H groups in total. The Morgan fingerprint density at radius 2 is 1.68 bits per heavy atom. The molecule has 2 heterocycles. The summed E-state index contributed by atoms with van der Waals surface area (Å²) < 4.78 is 7.62. The molecule has 41 heavy (non-hydrogen) atoms. The third-order valence-corrected chi connectivity index (χ3v) is 6.89. The van der Waals surface area contributed by atoms with E-state index >= 15 is 0 Å². The molecule has 0 aliphatic rings. The number of hydrogen-bond donors (Lipinski definition) is 2. The van der Waals surface area contributed by atoms with Crippen LogP contribution in [0.25, 0.3) is 10.9 Å². The number of nitrogens with zero attached hydrogens (tertiary/aromatic N) is 2. The van der Waals surface area contributed by atoms with E-state index in [0.29, 0.717) is 24.4 Å². The standard InChI is InChI=1S/C32H30N4O5/c1-21-10-11-22(2)27(17-21)34-29(37)20-35-28-18-24(30(38)33-15-14-23-7-4-3-5-8-23)12-13-26(28)31(39)36(32(35)40)19-25-9-6-16-41-25/h3-13,16-18H,14-15,19-20H2,1-2H3,(H,33,38)(H,34,37). The minimum absolute atomic E-state index is 0.0963. The first-order valence-corrected chi connectivity index (χ1v) is 13.3. The summed E-state index contributed by atoms with van der Waals surface area (Å²) >= 11 is 0. The van der Waals surface area contributed by atoms with E-state index in [4.69, 9.17) is 4.42 Å². The number of aromatic nitrogens is 2. The summed E-state index contributed by atoms with van der Waals surface area (Å²) in [6, 6.07) is 23.4. The molecule has 9 nitrogen and oxygen atoms in total. The zero-order chi connectivity index (χ0) is 28.9. The number of aryl methyl sites for hydroxylation is 2.